The Morgan fingerprint density at radius 1 is 1.29 bits per heavy atom. The molecule has 1 aliphatic rings. The second-order valence-corrected chi connectivity index (χ2v) is 5.88. The minimum Gasteiger partial charge on any atom is -0.451 e. The number of fused-ring (bicyclic) bond motifs is 1. The molecule has 1 aromatic carbocycles. The first-order valence-corrected chi connectivity index (χ1v) is 7.35. The Kier molecular flexibility index (Phi) is 3.59. The quantitative estimate of drug-likeness (QED) is 0.757. The van der Waals surface area contributed by atoms with Gasteiger partial charge in [0.25, 0.3) is 5.91 Å². The van der Waals surface area contributed by atoms with Crippen LogP contribution in [0, 0.1) is 0 Å². The predicted octanol–water partition coefficient (Wildman–Crippen LogP) is 2.44. The van der Waals surface area contributed by atoms with Gasteiger partial charge in [-0.2, -0.15) is 0 Å². The van der Waals surface area contributed by atoms with Gasteiger partial charge in [0.2, 0.25) is 0 Å². The largest absolute Gasteiger partial charge is 0.451 e. The molecule has 1 amide bonds. The van der Waals surface area contributed by atoms with Crippen molar-refractivity contribution in [1.82, 2.24) is 5.32 Å². The summed E-state index contributed by atoms with van der Waals surface area (Å²) in [5.74, 6) is -0.0567. The summed E-state index contributed by atoms with van der Waals surface area (Å²) in [5, 5.41) is 14.0. The number of rotatable bonds is 3. The summed E-state index contributed by atoms with van der Waals surface area (Å²) in [7, 11) is 0. The number of amides is 1. The van der Waals surface area contributed by atoms with Gasteiger partial charge >= 0.3 is 0 Å². The lowest BCUT2D eigenvalue weighted by molar-refractivity contribution is 0.00504. The van der Waals surface area contributed by atoms with E-state index in [0.717, 1.165) is 37.5 Å². The number of carbonyl (C=O) groups is 1. The fourth-order valence-electron chi connectivity index (χ4n) is 2.89. The van der Waals surface area contributed by atoms with Crippen molar-refractivity contribution in [3.63, 3.8) is 0 Å². The lowest BCUT2D eigenvalue weighted by Gasteiger charge is -2.31. The highest BCUT2D eigenvalue weighted by atomic mass is 16.3. The molecule has 21 heavy (non-hydrogen) atoms. The van der Waals surface area contributed by atoms with E-state index in [2.05, 4.69) is 5.32 Å². The SMILES string of the molecule is Nc1ccc2oc(C(=O)NCC3(O)CCCCC3)cc2c1. The zero-order valence-corrected chi connectivity index (χ0v) is 11.9. The molecule has 0 unspecified atom stereocenters. The standard InChI is InChI=1S/C16H20N2O3/c17-12-4-5-13-11(8-12)9-14(21-13)15(19)18-10-16(20)6-2-1-3-7-16/h4-5,8-9,20H,1-3,6-7,10,17H2,(H,18,19). The van der Waals surface area contributed by atoms with Crippen molar-refractivity contribution >= 4 is 22.6 Å². The summed E-state index contributed by atoms with van der Waals surface area (Å²) in [4.78, 5) is 12.1. The first-order valence-electron chi connectivity index (χ1n) is 7.35. The molecule has 0 radical (unpaired) electrons. The molecule has 0 saturated heterocycles. The first-order chi connectivity index (χ1) is 10.1. The Hall–Kier alpha value is -2.01. The number of nitrogen functional groups attached to an aromatic ring is 1. The van der Waals surface area contributed by atoms with Crippen molar-refractivity contribution in [2.24, 2.45) is 0 Å². The number of carbonyl (C=O) groups excluding carboxylic acids is 1. The maximum Gasteiger partial charge on any atom is 0.287 e. The van der Waals surface area contributed by atoms with E-state index in [1.54, 1.807) is 24.3 Å². The van der Waals surface area contributed by atoms with E-state index < -0.39 is 5.60 Å². The Morgan fingerprint density at radius 3 is 2.81 bits per heavy atom. The minimum absolute atomic E-state index is 0.245. The molecule has 112 valence electrons. The van der Waals surface area contributed by atoms with Crippen LogP contribution in [0.25, 0.3) is 11.0 Å². The number of anilines is 1. The third-order valence-electron chi connectivity index (χ3n) is 4.13. The average molecular weight is 288 g/mol. The van der Waals surface area contributed by atoms with E-state index in [9.17, 15) is 9.90 Å². The van der Waals surface area contributed by atoms with Crippen LogP contribution in [0.15, 0.2) is 28.7 Å². The van der Waals surface area contributed by atoms with Gasteiger partial charge in [-0.25, -0.2) is 0 Å². The third-order valence-corrected chi connectivity index (χ3v) is 4.13. The molecular weight excluding hydrogens is 268 g/mol. The van der Waals surface area contributed by atoms with E-state index in [4.69, 9.17) is 10.2 Å². The Bertz CT molecular complexity index is 657. The summed E-state index contributed by atoms with van der Waals surface area (Å²) in [5.41, 5.74) is 6.20. The second-order valence-electron chi connectivity index (χ2n) is 5.88. The maximum atomic E-state index is 12.1. The highest BCUT2D eigenvalue weighted by molar-refractivity contribution is 5.96. The van der Waals surface area contributed by atoms with Gasteiger partial charge in [0.1, 0.15) is 5.58 Å². The Balaban J connectivity index is 1.69. The summed E-state index contributed by atoms with van der Waals surface area (Å²) in [6.45, 7) is 0.269. The van der Waals surface area contributed by atoms with Gasteiger partial charge in [0.05, 0.1) is 5.60 Å². The van der Waals surface area contributed by atoms with Crippen molar-refractivity contribution < 1.29 is 14.3 Å². The molecule has 1 aliphatic carbocycles. The van der Waals surface area contributed by atoms with E-state index >= 15 is 0 Å². The predicted molar refractivity (Wildman–Crippen MR) is 81.0 cm³/mol. The van der Waals surface area contributed by atoms with Crippen molar-refractivity contribution in [2.75, 3.05) is 12.3 Å². The van der Waals surface area contributed by atoms with Gasteiger partial charge in [-0.05, 0) is 37.1 Å². The van der Waals surface area contributed by atoms with Crippen LogP contribution in [0.1, 0.15) is 42.7 Å². The molecular formula is C16H20N2O3. The molecule has 1 heterocycles. The number of nitrogens with two attached hydrogens (primary N) is 1. The number of nitrogens with one attached hydrogen (secondary N) is 1. The molecule has 3 rings (SSSR count). The van der Waals surface area contributed by atoms with Crippen LogP contribution in [0.2, 0.25) is 0 Å². The van der Waals surface area contributed by atoms with E-state index in [1.807, 2.05) is 0 Å². The minimum atomic E-state index is -0.773. The average Bonchev–Trinajstić information content (AvgIpc) is 2.88. The molecule has 1 saturated carbocycles. The van der Waals surface area contributed by atoms with Crippen LogP contribution in [-0.2, 0) is 0 Å². The first kappa shape index (κ1) is 13.9. The maximum absolute atomic E-state index is 12.1. The molecule has 1 fully saturated rings. The lowest BCUT2D eigenvalue weighted by Crippen LogP contribution is -2.44. The number of furan rings is 1. The van der Waals surface area contributed by atoms with Gasteiger partial charge < -0.3 is 20.6 Å². The van der Waals surface area contributed by atoms with Crippen molar-refractivity contribution in [1.29, 1.82) is 0 Å². The molecule has 0 atom stereocenters. The van der Waals surface area contributed by atoms with Crippen LogP contribution in [-0.4, -0.2) is 23.2 Å². The van der Waals surface area contributed by atoms with E-state index in [1.165, 1.54) is 0 Å². The fraction of sp³-hybridized carbons (Fsp3) is 0.438. The summed E-state index contributed by atoms with van der Waals surface area (Å²) < 4.78 is 5.51. The van der Waals surface area contributed by atoms with Crippen molar-refractivity contribution in [3.05, 3.63) is 30.0 Å². The molecule has 5 nitrogen and oxygen atoms in total. The Labute approximate surface area is 123 Å². The summed E-state index contributed by atoms with van der Waals surface area (Å²) in [6, 6.07) is 6.92. The fourth-order valence-corrected chi connectivity index (χ4v) is 2.89. The highest BCUT2D eigenvalue weighted by Gasteiger charge is 2.29. The van der Waals surface area contributed by atoms with Gasteiger partial charge in [-0.1, -0.05) is 19.3 Å². The Morgan fingerprint density at radius 2 is 2.05 bits per heavy atom. The molecule has 5 heteroatoms. The molecule has 2 aromatic rings. The zero-order chi connectivity index (χ0) is 14.9. The van der Waals surface area contributed by atoms with Gasteiger partial charge in [0, 0.05) is 17.6 Å². The number of hydrogen-bond acceptors (Lipinski definition) is 4. The number of aliphatic hydroxyl groups is 1. The van der Waals surface area contributed by atoms with Crippen LogP contribution >= 0.6 is 0 Å². The number of hydrogen-bond donors (Lipinski definition) is 3. The van der Waals surface area contributed by atoms with Crippen molar-refractivity contribution in [2.45, 2.75) is 37.7 Å². The van der Waals surface area contributed by atoms with Crippen LogP contribution in [0.4, 0.5) is 5.69 Å². The molecule has 0 aliphatic heterocycles. The van der Waals surface area contributed by atoms with Gasteiger partial charge in [-0.3, -0.25) is 4.79 Å². The topological polar surface area (TPSA) is 88.5 Å². The summed E-state index contributed by atoms with van der Waals surface area (Å²) in [6.07, 6.45) is 4.65. The van der Waals surface area contributed by atoms with Crippen LogP contribution in [0.5, 0.6) is 0 Å². The van der Waals surface area contributed by atoms with E-state index in [0.29, 0.717) is 11.3 Å². The van der Waals surface area contributed by atoms with Gasteiger partial charge in [0.15, 0.2) is 5.76 Å². The van der Waals surface area contributed by atoms with E-state index in [-0.39, 0.29) is 18.2 Å². The van der Waals surface area contributed by atoms with Crippen molar-refractivity contribution in [3.8, 4) is 0 Å². The molecule has 0 spiro atoms. The van der Waals surface area contributed by atoms with Gasteiger partial charge in [-0.15, -0.1) is 0 Å². The highest BCUT2D eigenvalue weighted by Crippen LogP contribution is 2.27. The summed E-state index contributed by atoms with van der Waals surface area (Å²) >= 11 is 0. The zero-order valence-electron chi connectivity index (χ0n) is 11.9. The monoisotopic (exact) mass is 288 g/mol. The normalized spacial score (nSPS) is 17.8. The van der Waals surface area contributed by atoms with Crippen LogP contribution < -0.4 is 11.1 Å². The smallest absolute Gasteiger partial charge is 0.287 e. The molecule has 4 N–H and O–H groups in total. The lowest BCUT2D eigenvalue weighted by atomic mass is 9.85. The third kappa shape index (κ3) is 3.03. The van der Waals surface area contributed by atoms with Crippen LogP contribution in [0.3, 0.4) is 0 Å². The number of benzene rings is 1. The molecule has 0 bridgehead atoms. The second kappa shape index (κ2) is 5.41. The molecule has 1 aromatic heterocycles.